The Morgan fingerprint density at radius 3 is 2.94 bits per heavy atom. The zero-order chi connectivity index (χ0) is 11.5. The topological polar surface area (TPSA) is 42.0 Å². The zero-order valence-corrected chi connectivity index (χ0v) is 9.45. The zero-order valence-electron chi connectivity index (χ0n) is 9.45. The van der Waals surface area contributed by atoms with Crippen molar-refractivity contribution < 1.29 is 4.79 Å². The Morgan fingerprint density at radius 1 is 1.38 bits per heavy atom. The highest BCUT2D eigenvalue weighted by atomic mass is 16.1. The summed E-state index contributed by atoms with van der Waals surface area (Å²) in [5.74, 6) is -0.0347. The van der Waals surface area contributed by atoms with Crippen molar-refractivity contribution in [2.75, 3.05) is 6.54 Å². The summed E-state index contributed by atoms with van der Waals surface area (Å²) in [6.07, 6.45) is 1.75. The van der Waals surface area contributed by atoms with Crippen LogP contribution in [-0.4, -0.2) is 17.4 Å². The van der Waals surface area contributed by atoms with Crippen LogP contribution < -0.4 is 5.32 Å². The molecular formula is C13H14N2O. The monoisotopic (exact) mass is 214 g/mol. The maximum atomic E-state index is 11.8. The summed E-state index contributed by atoms with van der Waals surface area (Å²) in [6, 6.07) is 7.68. The largest absolute Gasteiger partial charge is 0.352 e. The van der Waals surface area contributed by atoms with Crippen LogP contribution in [0.25, 0.3) is 10.9 Å². The third-order valence-electron chi connectivity index (χ3n) is 2.61. The normalized spacial score (nSPS) is 10.4. The Morgan fingerprint density at radius 2 is 2.19 bits per heavy atom. The fourth-order valence-electron chi connectivity index (χ4n) is 1.79. The number of amides is 1. The maximum absolute atomic E-state index is 11.8. The summed E-state index contributed by atoms with van der Waals surface area (Å²) in [7, 11) is 0. The molecule has 2 aromatic rings. The predicted molar refractivity (Wildman–Crippen MR) is 64.5 cm³/mol. The van der Waals surface area contributed by atoms with E-state index in [1.165, 1.54) is 0 Å². The van der Waals surface area contributed by atoms with Gasteiger partial charge in [-0.2, -0.15) is 0 Å². The second-order valence-corrected chi connectivity index (χ2v) is 3.67. The average molecular weight is 214 g/mol. The molecule has 0 spiro atoms. The van der Waals surface area contributed by atoms with Gasteiger partial charge in [0.05, 0.1) is 5.52 Å². The average Bonchev–Trinajstić information content (AvgIpc) is 2.30. The lowest BCUT2D eigenvalue weighted by Gasteiger charge is -2.08. The summed E-state index contributed by atoms with van der Waals surface area (Å²) in [5, 5.41) is 3.86. The molecule has 0 fully saturated rings. The van der Waals surface area contributed by atoms with Gasteiger partial charge in [0, 0.05) is 23.7 Å². The molecule has 1 aromatic carbocycles. The third-order valence-corrected chi connectivity index (χ3v) is 2.61. The molecule has 0 aliphatic carbocycles. The van der Waals surface area contributed by atoms with Crippen LogP contribution in [0.2, 0.25) is 0 Å². The van der Waals surface area contributed by atoms with Crippen LogP contribution in [0.3, 0.4) is 0 Å². The lowest BCUT2D eigenvalue weighted by atomic mass is 10.0. The SMILES string of the molecule is CCNC(=O)c1ccc2cccnc2c1C. The smallest absolute Gasteiger partial charge is 0.251 e. The number of hydrogen-bond acceptors (Lipinski definition) is 2. The first-order valence-corrected chi connectivity index (χ1v) is 5.36. The van der Waals surface area contributed by atoms with Crippen molar-refractivity contribution in [1.29, 1.82) is 0 Å². The Bertz CT molecular complexity index is 534. The van der Waals surface area contributed by atoms with Crippen molar-refractivity contribution in [2.24, 2.45) is 0 Å². The number of fused-ring (bicyclic) bond motifs is 1. The van der Waals surface area contributed by atoms with Crippen LogP contribution in [0.5, 0.6) is 0 Å². The van der Waals surface area contributed by atoms with E-state index in [9.17, 15) is 4.79 Å². The van der Waals surface area contributed by atoms with Gasteiger partial charge in [-0.3, -0.25) is 9.78 Å². The van der Waals surface area contributed by atoms with E-state index < -0.39 is 0 Å². The van der Waals surface area contributed by atoms with Crippen LogP contribution >= 0.6 is 0 Å². The molecule has 3 heteroatoms. The number of nitrogens with zero attached hydrogens (tertiary/aromatic N) is 1. The molecule has 0 radical (unpaired) electrons. The molecular weight excluding hydrogens is 200 g/mol. The molecule has 0 aliphatic heterocycles. The highest BCUT2D eigenvalue weighted by molar-refractivity contribution is 6.00. The molecule has 2 rings (SSSR count). The van der Waals surface area contributed by atoms with Gasteiger partial charge in [0.25, 0.3) is 5.91 Å². The summed E-state index contributed by atoms with van der Waals surface area (Å²) in [5.41, 5.74) is 2.53. The van der Waals surface area contributed by atoms with Crippen LogP contribution in [0.1, 0.15) is 22.8 Å². The molecule has 0 saturated carbocycles. The van der Waals surface area contributed by atoms with Crippen molar-refractivity contribution in [3.05, 3.63) is 41.6 Å². The van der Waals surface area contributed by atoms with E-state index >= 15 is 0 Å². The fourth-order valence-corrected chi connectivity index (χ4v) is 1.79. The first-order valence-electron chi connectivity index (χ1n) is 5.36. The quantitative estimate of drug-likeness (QED) is 0.833. The van der Waals surface area contributed by atoms with Crippen LogP contribution in [-0.2, 0) is 0 Å². The number of hydrogen-bond donors (Lipinski definition) is 1. The van der Waals surface area contributed by atoms with Gasteiger partial charge in [-0.1, -0.05) is 12.1 Å². The maximum Gasteiger partial charge on any atom is 0.251 e. The van der Waals surface area contributed by atoms with E-state index in [-0.39, 0.29) is 5.91 Å². The summed E-state index contributed by atoms with van der Waals surface area (Å²) < 4.78 is 0. The molecule has 0 aliphatic rings. The number of aryl methyl sites for hydroxylation is 1. The lowest BCUT2D eigenvalue weighted by molar-refractivity contribution is 0.0955. The number of rotatable bonds is 2. The van der Waals surface area contributed by atoms with Gasteiger partial charge in [0.15, 0.2) is 0 Å². The van der Waals surface area contributed by atoms with Crippen LogP contribution in [0.15, 0.2) is 30.5 Å². The van der Waals surface area contributed by atoms with Gasteiger partial charge in [0.2, 0.25) is 0 Å². The van der Waals surface area contributed by atoms with Crippen LogP contribution in [0.4, 0.5) is 0 Å². The second-order valence-electron chi connectivity index (χ2n) is 3.67. The van der Waals surface area contributed by atoms with E-state index in [0.717, 1.165) is 16.5 Å². The highest BCUT2D eigenvalue weighted by Crippen LogP contribution is 2.19. The minimum absolute atomic E-state index is 0.0347. The summed E-state index contributed by atoms with van der Waals surface area (Å²) in [4.78, 5) is 16.1. The van der Waals surface area contributed by atoms with Gasteiger partial charge in [0.1, 0.15) is 0 Å². The van der Waals surface area contributed by atoms with Gasteiger partial charge >= 0.3 is 0 Å². The Kier molecular flexibility index (Phi) is 2.86. The van der Waals surface area contributed by atoms with Crippen molar-refractivity contribution in [1.82, 2.24) is 10.3 Å². The first kappa shape index (κ1) is 10.6. The van der Waals surface area contributed by atoms with E-state index in [1.54, 1.807) is 6.20 Å². The molecule has 16 heavy (non-hydrogen) atoms. The van der Waals surface area contributed by atoms with E-state index in [2.05, 4.69) is 10.3 Å². The summed E-state index contributed by atoms with van der Waals surface area (Å²) in [6.45, 7) is 4.48. The molecule has 1 N–H and O–H groups in total. The van der Waals surface area contributed by atoms with Crippen LogP contribution in [0, 0.1) is 6.92 Å². The van der Waals surface area contributed by atoms with Crippen molar-refractivity contribution >= 4 is 16.8 Å². The Hall–Kier alpha value is -1.90. The molecule has 1 aromatic heterocycles. The number of pyridine rings is 1. The number of carbonyl (C=O) groups is 1. The molecule has 3 nitrogen and oxygen atoms in total. The van der Waals surface area contributed by atoms with E-state index in [0.29, 0.717) is 12.1 Å². The highest BCUT2D eigenvalue weighted by Gasteiger charge is 2.10. The molecule has 0 bridgehead atoms. The standard InChI is InChI=1S/C13H14N2O/c1-3-14-13(16)11-7-6-10-5-4-8-15-12(10)9(11)2/h4-8H,3H2,1-2H3,(H,14,16). The second kappa shape index (κ2) is 4.31. The van der Waals surface area contributed by atoms with E-state index in [1.807, 2.05) is 38.1 Å². The minimum atomic E-state index is -0.0347. The number of benzene rings is 1. The molecule has 1 heterocycles. The number of nitrogens with one attached hydrogen (secondary N) is 1. The van der Waals surface area contributed by atoms with E-state index in [4.69, 9.17) is 0 Å². The fraction of sp³-hybridized carbons (Fsp3) is 0.231. The summed E-state index contributed by atoms with van der Waals surface area (Å²) >= 11 is 0. The van der Waals surface area contributed by atoms with Gasteiger partial charge in [-0.05, 0) is 31.5 Å². The van der Waals surface area contributed by atoms with Gasteiger partial charge in [-0.25, -0.2) is 0 Å². The Balaban J connectivity index is 2.56. The third kappa shape index (κ3) is 1.76. The molecule has 82 valence electrons. The minimum Gasteiger partial charge on any atom is -0.352 e. The molecule has 0 saturated heterocycles. The van der Waals surface area contributed by atoms with Gasteiger partial charge < -0.3 is 5.32 Å². The van der Waals surface area contributed by atoms with Crippen molar-refractivity contribution in [3.8, 4) is 0 Å². The Labute approximate surface area is 94.5 Å². The lowest BCUT2D eigenvalue weighted by Crippen LogP contribution is -2.23. The van der Waals surface area contributed by atoms with Gasteiger partial charge in [-0.15, -0.1) is 0 Å². The molecule has 0 atom stereocenters. The van der Waals surface area contributed by atoms with Crippen molar-refractivity contribution in [2.45, 2.75) is 13.8 Å². The predicted octanol–water partition coefficient (Wildman–Crippen LogP) is 2.29. The first-order chi connectivity index (χ1) is 7.74. The number of carbonyl (C=O) groups excluding carboxylic acids is 1. The molecule has 1 amide bonds. The van der Waals surface area contributed by atoms with Crippen molar-refractivity contribution in [3.63, 3.8) is 0 Å². The number of aromatic nitrogens is 1. The molecule has 0 unspecified atom stereocenters.